The number of piperidine rings is 1. The Labute approximate surface area is 141 Å². The van der Waals surface area contributed by atoms with E-state index < -0.39 is 0 Å². The Bertz CT molecular complexity index is 646. The molecule has 130 valence electrons. The summed E-state index contributed by atoms with van der Waals surface area (Å²) in [5.74, 6) is -0.438. The number of carbonyl (C=O) groups excluding carboxylic acids is 3. The first-order chi connectivity index (χ1) is 11.5. The van der Waals surface area contributed by atoms with Crippen LogP contribution in [-0.2, 0) is 14.3 Å². The van der Waals surface area contributed by atoms with Crippen LogP contribution in [0.4, 0.5) is 0 Å². The molecule has 1 aromatic heterocycles. The summed E-state index contributed by atoms with van der Waals surface area (Å²) in [4.78, 5) is 39.5. The molecule has 2 fully saturated rings. The van der Waals surface area contributed by atoms with Crippen LogP contribution < -0.4 is 0 Å². The second kappa shape index (κ2) is 6.67. The van der Waals surface area contributed by atoms with E-state index >= 15 is 0 Å². The summed E-state index contributed by atoms with van der Waals surface area (Å²) in [5.41, 5.74) is 0.547. The highest BCUT2D eigenvalue weighted by Gasteiger charge is 2.36. The van der Waals surface area contributed by atoms with Crippen LogP contribution >= 0.6 is 0 Å². The fraction of sp³-hybridized carbons (Fsp3) is 0.588. The topological polar surface area (TPSA) is 71.8 Å². The zero-order chi connectivity index (χ0) is 17.3. The molecule has 1 atom stereocenters. The molecule has 2 aliphatic rings. The summed E-state index contributed by atoms with van der Waals surface area (Å²) in [7, 11) is 3.11. The van der Waals surface area contributed by atoms with Gasteiger partial charge in [-0.15, -0.1) is 0 Å². The van der Waals surface area contributed by atoms with Gasteiger partial charge in [0.25, 0.3) is 0 Å². The maximum Gasteiger partial charge on any atom is 0.354 e. The van der Waals surface area contributed by atoms with E-state index in [-0.39, 0.29) is 29.7 Å². The summed E-state index contributed by atoms with van der Waals surface area (Å²) in [6.07, 6.45) is 3.79. The van der Waals surface area contributed by atoms with Gasteiger partial charge in [0.15, 0.2) is 0 Å². The average molecular weight is 333 g/mol. The molecule has 0 radical (unpaired) electrons. The van der Waals surface area contributed by atoms with Gasteiger partial charge in [-0.3, -0.25) is 9.59 Å². The van der Waals surface area contributed by atoms with Crippen molar-refractivity contribution in [1.29, 1.82) is 0 Å². The molecule has 0 saturated carbocycles. The molecule has 3 heterocycles. The number of hydrogen-bond acceptors (Lipinski definition) is 4. The van der Waals surface area contributed by atoms with E-state index in [4.69, 9.17) is 4.74 Å². The predicted octanol–water partition coefficient (Wildman–Crippen LogP) is 0.916. The van der Waals surface area contributed by atoms with Crippen LogP contribution in [0.5, 0.6) is 0 Å². The van der Waals surface area contributed by atoms with Crippen molar-refractivity contribution < 1.29 is 19.1 Å². The van der Waals surface area contributed by atoms with E-state index in [1.165, 1.54) is 7.11 Å². The van der Waals surface area contributed by atoms with Crippen molar-refractivity contribution in [3.8, 4) is 0 Å². The standard InChI is InChI=1S/C17H23N3O4/c1-18-11-12(10-15(18)21)16(22)19-8-5-13(6-9-19)20-7-3-4-14(20)17(23)24-2/h3-4,7,12-13H,5-6,8-11H2,1-2H3/t12-/m1/s1. The van der Waals surface area contributed by atoms with Crippen molar-refractivity contribution >= 4 is 17.8 Å². The first kappa shape index (κ1) is 16.5. The minimum Gasteiger partial charge on any atom is -0.464 e. The van der Waals surface area contributed by atoms with Gasteiger partial charge >= 0.3 is 5.97 Å². The van der Waals surface area contributed by atoms with Gasteiger partial charge in [0.2, 0.25) is 11.8 Å². The third kappa shape index (κ3) is 3.02. The van der Waals surface area contributed by atoms with Crippen LogP contribution in [0, 0.1) is 5.92 Å². The lowest BCUT2D eigenvalue weighted by Gasteiger charge is -2.34. The van der Waals surface area contributed by atoms with E-state index in [2.05, 4.69) is 0 Å². The molecule has 0 unspecified atom stereocenters. The van der Waals surface area contributed by atoms with Crippen molar-refractivity contribution in [2.24, 2.45) is 5.92 Å². The Balaban J connectivity index is 1.60. The number of esters is 1. The van der Waals surface area contributed by atoms with E-state index in [1.54, 1.807) is 18.0 Å². The number of likely N-dealkylation sites (tertiary alicyclic amines) is 2. The monoisotopic (exact) mass is 333 g/mol. The Morgan fingerprint density at radius 3 is 2.54 bits per heavy atom. The quantitative estimate of drug-likeness (QED) is 0.771. The maximum atomic E-state index is 12.6. The Morgan fingerprint density at radius 1 is 1.25 bits per heavy atom. The number of hydrogen-bond donors (Lipinski definition) is 0. The van der Waals surface area contributed by atoms with Crippen LogP contribution in [0.15, 0.2) is 18.3 Å². The minimum absolute atomic E-state index is 0.0401. The lowest BCUT2D eigenvalue weighted by molar-refractivity contribution is -0.137. The highest BCUT2D eigenvalue weighted by molar-refractivity contribution is 5.89. The molecule has 3 rings (SSSR count). The van der Waals surface area contributed by atoms with Crippen molar-refractivity contribution in [3.63, 3.8) is 0 Å². The number of methoxy groups -OCH3 is 1. The molecule has 0 bridgehead atoms. The van der Waals surface area contributed by atoms with Gasteiger partial charge in [-0.2, -0.15) is 0 Å². The molecular weight excluding hydrogens is 310 g/mol. The molecule has 0 N–H and O–H groups in total. The molecule has 2 amide bonds. The van der Waals surface area contributed by atoms with Crippen LogP contribution in [0.3, 0.4) is 0 Å². The first-order valence-corrected chi connectivity index (χ1v) is 8.29. The maximum absolute atomic E-state index is 12.6. The molecule has 0 aromatic carbocycles. The minimum atomic E-state index is -0.342. The van der Waals surface area contributed by atoms with Gasteiger partial charge < -0.3 is 19.1 Å². The summed E-state index contributed by atoms with van der Waals surface area (Å²) in [6, 6.07) is 3.78. The smallest absolute Gasteiger partial charge is 0.354 e. The summed E-state index contributed by atoms with van der Waals surface area (Å²) >= 11 is 0. The molecule has 7 heteroatoms. The highest BCUT2D eigenvalue weighted by atomic mass is 16.5. The van der Waals surface area contributed by atoms with Gasteiger partial charge in [0, 0.05) is 45.3 Å². The van der Waals surface area contributed by atoms with Crippen molar-refractivity contribution in [1.82, 2.24) is 14.4 Å². The number of carbonyl (C=O) groups is 3. The van der Waals surface area contributed by atoms with E-state index in [0.29, 0.717) is 31.7 Å². The normalized spacial score (nSPS) is 22.1. The number of aromatic nitrogens is 1. The van der Waals surface area contributed by atoms with Crippen molar-refractivity contribution in [2.45, 2.75) is 25.3 Å². The molecule has 0 spiro atoms. The summed E-state index contributed by atoms with van der Waals surface area (Å²) in [6.45, 7) is 1.81. The molecule has 1 aromatic rings. The zero-order valence-electron chi connectivity index (χ0n) is 14.1. The number of amides is 2. The lowest BCUT2D eigenvalue weighted by atomic mass is 10.0. The van der Waals surface area contributed by atoms with Crippen LogP contribution in [-0.4, -0.2) is 65.9 Å². The van der Waals surface area contributed by atoms with E-state index in [9.17, 15) is 14.4 Å². The molecule has 7 nitrogen and oxygen atoms in total. The SMILES string of the molecule is COC(=O)c1cccn1C1CCN(C(=O)[C@@H]2CC(=O)N(C)C2)CC1. The molecular formula is C17H23N3O4. The van der Waals surface area contributed by atoms with Crippen molar-refractivity contribution in [2.75, 3.05) is 33.8 Å². The van der Waals surface area contributed by atoms with E-state index in [1.807, 2.05) is 21.7 Å². The fourth-order valence-corrected chi connectivity index (χ4v) is 3.64. The lowest BCUT2D eigenvalue weighted by Crippen LogP contribution is -2.43. The second-order valence-corrected chi connectivity index (χ2v) is 6.52. The predicted molar refractivity (Wildman–Crippen MR) is 86.4 cm³/mol. The molecule has 0 aliphatic carbocycles. The number of ether oxygens (including phenoxy) is 1. The van der Waals surface area contributed by atoms with E-state index in [0.717, 1.165) is 12.8 Å². The first-order valence-electron chi connectivity index (χ1n) is 8.29. The summed E-state index contributed by atoms with van der Waals surface area (Å²) < 4.78 is 6.76. The van der Waals surface area contributed by atoms with Crippen molar-refractivity contribution in [3.05, 3.63) is 24.0 Å². The second-order valence-electron chi connectivity index (χ2n) is 6.52. The molecule has 2 aliphatic heterocycles. The number of nitrogens with zero attached hydrogens (tertiary/aromatic N) is 3. The van der Waals surface area contributed by atoms with Crippen LogP contribution in [0.2, 0.25) is 0 Å². The van der Waals surface area contributed by atoms with Gasteiger partial charge in [0.05, 0.1) is 13.0 Å². The van der Waals surface area contributed by atoms with Gasteiger partial charge in [-0.25, -0.2) is 4.79 Å². The number of rotatable bonds is 3. The van der Waals surface area contributed by atoms with Gasteiger partial charge in [-0.1, -0.05) is 0 Å². The zero-order valence-corrected chi connectivity index (χ0v) is 14.1. The fourth-order valence-electron chi connectivity index (χ4n) is 3.64. The molecule has 24 heavy (non-hydrogen) atoms. The highest BCUT2D eigenvalue weighted by Crippen LogP contribution is 2.27. The molecule has 2 saturated heterocycles. The third-order valence-corrected chi connectivity index (χ3v) is 5.03. The Hall–Kier alpha value is -2.31. The van der Waals surface area contributed by atoms with Gasteiger partial charge in [0.1, 0.15) is 5.69 Å². The van der Waals surface area contributed by atoms with Crippen LogP contribution in [0.25, 0.3) is 0 Å². The third-order valence-electron chi connectivity index (χ3n) is 5.03. The van der Waals surface area contributed by atoms with Crippen LogP contribution in [0.1, 0.15) is 35.8 Å². The average Bonchev–Trinajstić information content (AvgIpc) is 3.21. The Kier molecular flexibility index (Phi) is 4.59. The van der Waals surface area contributed by atoms with Gasteiger partial charge in [-0.05, 0) is 25.0 Å². The summed E-state index contributed by atoms with van der Waals surface area (Å²) in [5, 5.41) is 0. The largest absolute Gasteiger partial charge is 0.464 e. The Morgan fingerprint density at radius 2 is 1.96 bits per heavy atom.